The zero-order valence-electron chi connectivity index (χ0n) is 13.8. The first-order chi connectivity index (χ1) is 12.3. The number of ether oxygens (including phenoxy) is 1. The molecular weight excluding hydrogens is 310 g/mol. The van der Waals surface area contributed by atoms with Crippen molar-refractivity contribution in [1.82, 2.24) is 0 Å². The molecular formula is C22H19NO2. The van der Waals surface area contributed by atoms with Crippen LogP contribution in [-0.2, 0) is 13.2 Å². The van der Waals surface area contributed by atoms with Crippen LogP contribution in [0.2, 0.25) is 0 Å². The molecule has 4 aromatic rings. The molecule has 0 amide bonds. The Balaban J connectivity index is 1.71. The lowest BCUT2D eigenvalue weighted by Crippen LogP contribution is -1.97. The molecule has 0 radical (unpaired) electrons. The van der Waals surface area contributed by atoms with Gasteiger partial charge in [0.15, 0.2) is 0 Å². The molecule has 0 aliphatic heterocycles. The average molecular weight is 329 g/mol. The van der Waals surface area contributed by atoms with Gasteiger partial charge < -0.3 is 14.9 Å². The minimum Gasteiger partial charge on any atom is -0.489 e. The molecule has 0 fully saturated rings. The quantitative estimate of drug-likeness (QED) is 0.551. The molecule has 3 heteroatoms. The van der Waals surface area contributed by atoms with Gasteiger partial charge in [-0.1, -0.05) is 36.4 Å². The van der Waals surface area contributed by atoms with Crippen LogP contribution in [0.4, 0.5) is 0 Å². The van der Waals surface area contributed by atoms with Crippen molar-refractivity contribution < 1.29 is 9.15 Å². The van der Waals surface area contributed by atoms with Gasteiger partial charge in [0.05, 0.1) is 6.26 Å². The molecule has 0 aliphatic rings. The highest BCUT2D eigenvalue weighted by atomic mass is 16.5. The average Bonchev–Trinajstić information content (AvgIpc) is 3.15. The predicted molar refractivity (Wildman–Crippen MR) is 100 cm³/mol. The molecule has 4 rings (SSSR count). The third-order valence-corrected chi connectivity index (χ3v) is 4.26. The molecule has 124 valence electrons. The van der Waals surface area contributed by atoms with Gasteiger partial charge in [0.25, 0.3) is 0 Å². The monoisotopic (exact) mass is 329 g/mol. The van der Waals surface area contributed by atoms with E-state index >= 15 is 0 Å². The summed E-state index contributed by atoms with van der Waals surface area (Å²) < 4.78 is 11.6. The highest BCUT2D eigenvalue weighted by molar-refractivity contribution is 5.86. The minimum absolute atomic E-state index is 0.457. The van der Waals surface area contributed by atoms with Crippen LogP contribution in [-0.4, -0.2) is 0 Å². The summed E-state index contributed by atoms with van der Waals surface area (Å²) in [6.45, 7) is 0.990. The van der Waals surface area contributed by atoms with Crippen molar-refractivity contribution in [1.29, 1.82) is 0 Å². The Kier molecular flexibility index (Phi) is 4.23. The van der Waals surface area contributed by atoms with Crippen molar-refractivity contribution in [3.63, 3.8) is 0 Å². The summed E-state index contributed by atoms with van der Waals surface area (Å²) in [6.07, 6.45) is 1.72. The summed E-state index contributed by atoms with van der Waals surface area (Å²) in [5.41, 5.74) is 11.1. The lowest BCUT2D eigenvalue weighted by atomic mass is 9.99. The van der Waals surface area contributed by atoms with Gasteiger partial charge in [-0.3, -0.25) is 0 Å². The summed E-state index contributed by atoms with van der Waals surface area (Å²) in [7, 11) is 0. The van der Waals surface area contributed by atoms with Crippen LogP contribution >= 0.6 is 0 Å². The topological polar surface area (TPSA) is 48.4 Å². The molecule has 25 heavy (non-hydrogen) atoms. The van der Waals surface area contributed by atoms with E-state index in [4.69, 9.17) is 14.9 Å². The van der Waals surface area contributed by atoms with Crippen molar-refractivity contribution in [2.45, 2.75) is 13.2 Å². The molecule has 1 heterocycles. The van der Waals surface area contributed by atoms with Gasteiger partial charge in [-0.05, 0) is 53.1 Å². The van der Waals surface area contributed by atoms with Crippen LogP contribution in [0.25, 0.3) is 22.1 Å². The van der Waals surface area contributed by atoms with Crippen LogP contribution in [0.1, 0.15) is 11.1 Å². The van der Waals surface area contributed by atoms with E-state index in [2.05, 4.69) is 24.3 Å². The van der Waals surface area contributed by atoms with Crippen LogP contribution in [0, 0.1) is 0 Å². The molecule has 0 aliphatic carbocycles. The van der Waals surface area contributed by atoms with E-state index in [9.17, 15) is 0 Å². The maximum absolute atomic E-state index is 5.93. The third kappa shape index (κ3) is 3.28. The first-order valence-electron chi connectivity index (χ1n) is 8.31. The largest absolute Gasteiger partial charge is 0.489 e. The van der Waals surface area contributed by atoms with Gasteiger partial charge in [-0.2, -0.15) is 0 Å². The highest BCUT2D eigenvalue weighted by Gasteiger charge is 2.10. The Labute approximate surface area is 146 Å². The molecule has 0 saturated carbocycles. The zero-order valence-corrected chi connectivity index (χ0v) is 13.8. The molecule has 2 N–H and O–H groups in total. The summed E-state index contributed by atoms with van der Waals surface area (Å²) in [5.74, 6) is 0.845. The first kappa shape index (κ1) is 15.5. The molecule has 0 unspecified atom stereocenters. The molecule has 3 aromatic carbocycles. The molecule has 3 nitrogen and oxygen atoms in total. The van der Waals surface area contributed by atoms with Crippen molar-refractivity contribution in [2.75, 3.05) is 0 Å². The summed E-state index contributed by atoms with van der Waals surface area (Å²) in [5, 5.41) is 1.07. The minimum atomic E-state index is 0.457. The van der Waals surface area contributed by atoms with Gasteiger partial charge in [0.1, 0.15) is 17.9 Å². The zero-order chi connectivity index (χ0) is 17.1. The van der Waals surface area contributed by atoms with E-state index in [1.165, 1.54) is 0 Å². The van der Waals surface area contributed by atoms with E-state index < -0.39 is 0 Å². The number of fused-ring (bicyclic) bond motifs is 1. The van der Waals surface area contributed by atoms with E-state index in [1.807, 2.05) is 48.5 Å². The van der Waals surface area contributed by atoms with Crippen molar-refractivity contribution in [2.24, 2.45) is 5.73 Å². The fourth-order valence-corrected chi connectivity index (χ4v) is 2.99. The van der Waals surface area contributed by atoms with Gasteiger partial charge in [0.2, 0.25) is 0 Å². The predicted octanol–water partition coefficient (Wildman–Crippen LogP) is 5.14. The van der Waals surface area contributed by atoms with Crippen molar-refractivity contribution in [3.05, 3.63) is 90.2 Å². The lowest BCUT2D eigenvalue weighted by molar-refractivity contribution is 0.306. The molecule has 1 aromatic heterocycles. The molecule has 0 atom stereocenters. The number of nitrogens with two attached hydrogens (primary N) is 1. The Hall–Kier alpha value is -3.04. The Morgan fingerprint density at radius 3 is 2.56 bits per heavy atom. The van der Waals surface area contributed by atoms with E-state index in [0.29, 0.717) is 13.2 Å². The number of benzene rings is 3. The highest BCUT2D eigenvalue weighted by Crippen LogP contribution is 2.30. The van der Waals surface area contributed by atoms with Gasteiger partial charge in [0, 0.05) is 17.5 Å². The van der Waals surface area contributed by atoms with Gasteiger partial charge in [-0.25, -0.2) is 0 Å². The number of rotatable bonds is 5. The maximum Gasteiger partial charge on any atom is 0.140 e. The fourth-order valence-electron chi connectivity index (χ4n) is 2.99. The number of hydrogen-bond donors (Lipinski definition) is 1. The second kappa shape index (κ2) is 6.83. The number of furan rings is 1. The second-order valence-electron chi connectivity index (χ2n) is 5.98. The van der Waals surface area contributed by atoms with Gasteiger partial charge in [-0.15, -0.1) is 0 Å². The van der Waals surface area contributed by atoms with E-state index in [1.54, 1.807) is 6.26 Å². The molecule has 0 saturated heterocycles. The maximum atomic E-state index is 5.93. The van der Waals surface area contributed by atoms with Crippen LogP contribution in [0.15, 0.2) is 83.5 Å². The van der Waals surface area contributed by atoms with E-state index in [-0.39, 0.29) is 0 Å². The fraction of sp³-hybridized carbons (Fsp3) is 0.0909. The van der Waals surface area contributed by atoms with Crippen LogP contribution in [0.5, 0.6) is 5.75 Å². The number of para-hydroxylation sites is 1. The van der Waals surface area contributed by atoms with Crippen LogP contribution < -0.4 is 10.5 Å². The Morgan fingerprint density at radius 1 is 0.840 bits per heavy atom. The summed E-state index contributed by atoms with van der Waals surface area (Å²) in [6, 6.07) is 24.4. The Bertz CT molecular complexity index is 989. The first-order valence-corrected chi connectivity index (χ1v) is 8.31. The standard InChI is InChI=1S/C22H19NO2/c23-14-16-5-4-6-17(11-16)19-12-18-9-10-24-22(18)20(13-19)15-25-21-7-2-1-3-8-21/h1-13H,14-15,23H2. The van der Waals surface area contributed by atoms with Crippen LogP contribution in [0.3, 0.4) is 0 Å². The second-order valence-corrected chi connectivity index (χ2v) is 5.98. The smallest absolute Gasteiger partial charge is 0.140 e. The van der Waals surface area contributed by atoms with E-state index in [0.717, 1.165) is 39.0 Å². The summed E-state index contributed by atoms with van der Waals surface area (Å²) in [4.78, 5) is 0. The van der Waals surface area contributed by atoms with Crippen molar-refractivity contribution >= 4 is 11.0 Å². The van der Waals surface area contributed by atoms with Crippen molar-refractivity contribution in [3.8, 4) is 16.9 Å². The molecule has 0 bridgehead atoms. The third-order valence-electron chi connectivity index (χ3n) is 4.26. The van der Waals surface area contributed by atoms with Gasteiger partial charge >= 0.3 is 0 Å². The summed E-state index contributed by atoms with van der Waals surface area (Å²) >= 11 is 0. The number of hydrogen-bond acceptors (Lipinski definition) is 3. The Morgan fingerprint density at radius 2 is 1.72 bits per heavy atom. The normalized spacial score (nSPS) is 10.9. The SMILES string of the molecule is NCc1cccc(-c2cc(COc3ccccc3)c3occc3c2)c1. The lowest BCUT2D eigenvalue weighted by Gasteiger charge is -2.10. The molecule has 0 spiro atoms.